The fraction of sp³-hybridized carbons (Fsp3) is 0.0909. The summed E-state index contributed by atoms with van der Waals surface area (Å²) in [6.07, 6.45) is 0.263. The number of carboxylic acid groups (broad SMARTS) is 1. The lowest BCUT2D eigenvalue weighted by atomic mass is 10.1. The SMILES string of the molecule is Cc1cnc2c(OC(=O)O)ccc(Cl)c2c1. The van der Waals surface area contributed by atoms with Crippen LogP contribution in [-0.4, -0.2) is 16.2 Å². The number of hydrogen-bond donors (Lipinski definition) is 1. The van der Waals surface area contributed by atoms with Crippen LogP contribution in [0, 0.1) is 6.92 Å². The molecule has 5 heteroatoms. The Morgan fingerprint density at radius 1 is 1.50 bits per heavy atom. The van der Waals surface area contributed by atoms with Gasteiger partial charge < -0.3 is 9.84 Å². The molecule has 0 fully saturated rings. The first-order valence-corrected chi connectivity index (χ1v) is 4.91. The Morgan fingerprint density at radius 2 is 2.25 bits per heavy atom. The van der Waals surface area contributed by atoms with Crippen molar-refractivity contribution < 1.29 is 14.6 Å². The van der Waals surface area contributed by atoms with Gasteiger partial charge in [-0.15, -0.1) is 0 Å². The smallest absolute Gasteiger partial charge is 0.449 e. The fourth-order valence-corrected chi connectivity index (χ4v) is 1.65. The third-order valence-electron chi connectivity index (χ3n) is 2.09. The van der Waals surface area contributed by atoms with Crippen LogP contribution in [0.5, 0.6) is 5.75 Å². The number of rotatable bonds is 1. The van der Waals surface area contributed by atoms with Gasteiger partial charge in [0, 0.05) is 11.6 Å². The zero-order chi connectivity index (χ0) is 11.7. The van der Waals surface area contributed by atoms with Crippen LogP contribution in [0.25, 0.3) is 10.9 Å². The Labute approximate surface area is 96.4 Å². The van der Waals surface area contributed by atoms with E-state index in [-0.39, 0.29) is 5.75 Å². The molecule has 1 N–H and O–H groups in total. The summed E-state index contributed by atoms with van der Waals surface area (Å²) in [6.45, 7) is 1.88. The Hall–Kier alpha value is -1.81. The molecule has 0 atom stereocenters. The fourth-order valence-electron chi connectivity index (χ4n) is 1.44. The van der Waals surface area contributed by atoms with E-state index in [1.54, 1.807) is 12.3 Å². The van der Waals surface area contributed by atoms with E-state index in [9.17, 15) is 4.79 Å². The molecule has 16 heavy (non-hydrogen) atoms. The Balaban J connectivity index is 2.68. The van der Waals surface area contributed by atoms with E-state index in [1.165, 1.54) is 6.07 Å². The predicted octanol–water partition coefficient (Wildman–Crippen LogP) is 3.25. The summed E-state index contributed by atoms with van der Waals surface area (Å²) in [6, 6.07) is 4.91. The molecule has 0 aliphatic carbocycles. The van der Waals surface area contributed by atoms with Crippen LogP contribution in [0.1, 0.15) is 5.56 Å². The lowest BCUT2D eigenvalue weighted by Crippen LogP contribution is -2.03. The van der Waals surface area contributed by atoms with Gasteiger partial charge >= 0.3 is 6.16 Å². The van der Waals surface area contributed by atoms with Crippen LogP contribution < -0.4 is 4.74 Å². The maximum absolute atomic E-state index is 10.5. The maximum atomic E-state index is 10.5. The average Bonchev–Trinajstić information content (AvgIpc) is 2.22. The number of ether oxygens (including phenoxy) is 1. The van der Waals surface area contributed by atoms with E-state index >= 15 is 0 Å². The molecule has 0 bridgehead atoms. The van der Waals surface area contributed by atoms with Crippen molar-refractivity contribution in [1.82, 2.24) is 4.98 Å². The lowest BCUT2D eigenvalue weighted by Gasteiger charge is -2.06. The molecule has 0 saturated heterocycles. The van der Waals surface area contributed by atoms with Gasteiger partial charge in [-0.25, -0.2) is 4.79 Å². The van der Waals surface area contributed by atoms with Crippen LogP contribution in [0.15, 0.2) is 24.4 Å². The van der Waals surface area contributed by atoms with E-state index < -0.39 is 6.16 Å². The summed E-state index contributed by atoms with van der Waals surface area (Å²) in [7, 11) is 0. The topological polar surface area (TPSA) is 59.4 Å². The number of pyridine rings is 1. The van der Waals surface area contributed by atoms with Crippen molar-refractivity contribution in [2.75, 3.05) is 0 Å². The molecule has 0 unspecified atom stereocenters. The van der Waals surface area contributed by atoms with E-state index in [1.807, 2.05) is 13.0 Å². The molecule has 4 nitrogen and oxygen atoms in total. The molecule has 0 radical (unpaired) electrons. The zero-order valence-corrected chi connectivity index (χ0v) is 9.15. The molecule has 0 amide bonds. The Kier molecular flexibility index (Phi) is 2.66. The van der Waals surface area contributed by atoms with Crippen molar-refractivity contribution in [1.29, 1.82) is 0 Å². The van der Waals surface area contributed by atoms with Crippen LogP contribution in [0.3, 0.4) is 0 Å². The minimum absolute atomic E-state index is 0.187. The molecule has 0 aliphatic heterocycles. The highest BCUT2D eigenvalue weighted by Gasteiger charge is 2.10. The molecule has 0 aliphatic rings. The van der Waals surface area contributed by atoms with Crippen LogP contribution in [0.2, 0.25) is 5.02 Å². The number of halogens is 1. The van der Waals surface area contributed by atoms with Crippen molar-refractivity contribution in [2.24, 2.45) is 0 Å². The third kappa shape index (κ3) is 1.92. The first-order valence-electron chi connectivity index (χ1n) is 4.53. The van der Waals surface area contributed by atoms with Gasteiger partial charge in [0.25, 0.3) is 0 Å². The second-order valence-corrected chi connectivity index (χ2v) is 3.73. The molecular weight excluding hydrogens is 230 g/mol. The number of aryl methyl sites for hydroxylation is 1. The average molecular weight is 238 g/mol. The van der Waals surface area contributed by atoms with E-state index in [2.05, 4.69) is 9.72 Å². The third-order valence-corrected chi connectivity index (χ3v) is 2.42. The second kappa shape index (κ2) is 3.98. The van der Waals surface area contributed by atoms with Gasteiger partial charge in [0.05, 0.1) is 5.02 Å². The number of aromatic nitrogens is 1. The predicted molar refractivity (Wildman–Crippen MR) is 60.1 cm³/mol. The largest absolute Gasteiger partial charge is 0.511 e. The summed E-state index contributed by atoms with van der Waals surface area (Å²) < 4.78 is 4.62. The van der Waals surface area contributed by atoms with Crippen molar-refractivity contribution in [3.8, 4) is 5.75 Å². The van der Waals surface area contributed by atoms with Gasteiger partial charge in [-0.3, -0.25) is 4.98 Å². The van der Waals surface area contributed by atoms with E-state index in [4.69, 9.17) is 16.7 Å². The highest BCUT2D eigenvalue weighted by Crippen LogP contribution is 2.30. The first kappa shape index (κ1) is 10.7. The molecule has 1 aromatic carbocycles. The van der Waals surface area contributed by atoms with Gasteiger partial charge in [0.2, 0.25) is 0 Å². The summed E-state index contributed by atoms with van der Waals surface area (Å²) in [5, 5.41) is 9.77. The van der Waals surface area contributed by atoms with Crippen molar-refractivity contribution in [2.45, 2.75) is 6.92 Å². The number of benzene rings is 1. The normalized spacial score (nSPS) is 10.4. The van der Waals surface area contributed by atoms with Gasteiger partial charge in [0.1, 0.15) is 5.52 Å². The zero-order valence-electron chi connectivity index (χ0n) is 8.40. The second-order valence-electron chi connectivity index (χ2n) is 3.32. The number of hydrogen-bond acceptors (Lipinski definition) is 3. The van der Waals surface area contributed by atoms with E-state index in [0.717, 1.165) is 5.56 Å². The Bertz CT molecular complexity index is 568. The number of carbonyl (C=O) groups is 1. The molecule has 0 spiro atoms. The highest BCUT2D eigenvalue weighted by atomic mass is 35.5. The summed E-state index contributed by atoms with van der Waals surface area (Å²) in [5.74, 6) is 0.187. The van der Waals surface area contributed by atoms with Crippen molar-refractivity contribution in [3.05, 3.63) is 35.0 Å². The molecule has 1 aromatic heterocycles. The molecule has 2 rings (SSSR count). The lowest BCUT2D eigenvalue weighted by molar-refractivity contribution is 0.145. The maximum Gasteiger partial charge on any atom is 0.511 e. The molecule has 2 aromatic rings. The minimum atomic E-state index is -1.37. The summed E-state index contributed by atoms with van der Waals surface area (Å²) in [4.78, 5) is 14.6. The summed E-state index contributed by atoms with van der Waals surface area (Å²) in [5.41, 5.74) is 1.39. The van der Waals surface area contributed by atoms with Crippen molar-refractivity contribution in [3.63, 3.8) is 0 Å². The van der Waals surface area contributed by atoms with Crippen LogP contribution in [-0.2, 0) is 0 Å². The first-order chi connectivity index (χ1) is 7.58. The van der Waals surface area contributed by atoms with Gasteiger partial charge in [0.15, 0.2) is 5.75 Å². The monoisotopic (exact) mass is 237 g/mol. The molecule has 0 saturated carbocycles. The number of fused-ring (bicyclic) bond motifs is 1. The summed E-state index contributed by atoms with van der Waals surface area (Å²) >= 11 is 5.99. The van der Waals surface area contributed by atoms with Gasteiger partial charge in [-0.1, -0.05) is 11.6 Å². The van der Waals surface area contributed by atoms with Crippen LogP contribution >= 0.6 is 11.6 Å². The molecule has 82 valence electrons. The van der Waals surface area contributed by atoms with Crippen molar-refractivity contribution >= 4 is 28.7 Å². The molecule has 1 heterocycles. The molecular formula is C11H8ClNO3. The highest BCUT2D eigenvalue weighted by molar-refractivity contribution is 6.35. The number of nitrogens with zero attached hydrogens (tertiary/aromatic N) is 1. The van der Waals surface area contributed by atoms with E-state index in [0.29, 0.717) is 15.9 Å². The minimum Gasteiger partial charge on any atom is -0.449 e. The Morgan fingerprint density at radius 3 is 2.94 bits per heavy atom. The van der Waals surface area contributed by atoms with Gasteiger partial charge in [-0.05, 0) is 30.7 Å². The standard InChI is InChI=1S/C11H8ClNO3/c1-6-4-7-8(12)2-3-9(16-11(14)15)10(7)13-5-6/h2-5H,1H3,(H,14,15). The van der Waals surface area contributed by atoms with Gasteiger partial charge in [-0.2, -0.15) is 0 Å². The van der Waals surface area contributed by atoms with Crippen LogP contribution in [0.4, 0.5) is 4.79 Å². The quantitative estimate of drug-likeness (QED) is 0.611.